The largest absolute Gasteiger partial charge is 0.464 e. The normalized spacial score (nSPS) is 33.3. The lowest BCUT2D eigenvalue weighted by molar-refractivity contribution is -0.167. The second-order valence-corrected chi connectivity index (χ2v) is 3.28. The Labute approximate surface area is 86.2 Å². The molecule has 0 aromatic carbocycles. The van der Waals surface area contributed by atoms with Gasteiger partial charge < -0.3 is 14.6 Å². The topological polar surface area (TPSA) is 72.8 Å². The minimum Gasteiger partial charge on any atom is -0.464 e. The number of ether oxygens (including phenoxy) is 2. The van der Waals surface area contributed by atoms with Gasteiger partial charge >= 0.3 is 11.9 Å². The van der Waals surface area contributed by atoms with Crippen LogP contribution in [-0.2, 0) is 19.1 Å². The van der Waals surface area contributed by atoms with Gasteiger partial charge in [-0.15, -0.1) is 0 Å². The van der Waals surface area contributed by atoms with Crippen LogP contribution < -0.4 is 0 Å². The molecule has 2 atom stereocenters. The Morgan fingerprint density at radius 2 is 1.73 bits per heavy atom. The van der Waals surface area contributed by atoms with Crippen molar-refractivity contribution in [3.8, 4) is 0 Å². The molecule has 1 saturated carbocycles. The molecule has 1 rings (SSSR count). The molecule has 0 radical (unpaired) electrons. The first kappa shape index (κ1) is 11.9. The molecule has 0 heterocycles. The molecular formula is C9H13FO5. The third-order valence-corrected chi connectivity index (χ3v) is 2.24. The monoisotopic (exact) mass is 220 g/mol. The Morgan fingerprint density at radius 1 is 1.27 bits per heavy atom. The summed E-state index contributed by atoms with van der Waals surface area (Å²) in [6.07, 6.45) is -0.600. The molecule has 6 heteroatoms. The summed E-state index contributed by atoms with van der Waals surface area (Å²) in [4.78, 5) is 22.2. The second-order valence-electron chi connectivity index (χ2n) is 3.28. The van der Waals surface area contributed by atoms with Gasteiger partial charge in [0.2, 0.25) is 11.3 Å². The molecule has 0 aromatic rings. The fourth-order valence-corrected chi connectivity index (χ4v) is 1.28. The molecule has 0 saturated heterocycles. The zero-order chi connectivity index (χ0) is 11.7. The standard InChI is InChI=1S/C9H13FO5/c1-3-14-6(11)8(10)5-9(8,13)7(12)15-4-2/h13H,3-5H2,1-2H3. The van der Waals surface area contributed by atoms with Crippen molar-refractivity contribution in [1.29, 1.82) is 0 Å². The summed E-state index contributed by atoms with van der Waals surface area (Å²) >= 11 is 0. The Hall–Kier alpha value is -1.17. The predicted molar refractivity (Wildman–Crippen MR) is 46.7 cm³/mol. The van der Waals surface area contributed by atoms with Crippen LogP contribution in [0.3, 0.4) is 0 Å². The van der Waals surface area contributed by atoms with E-state index in [2.05, 4.69) is 9.47 Å². The van der Waals surface area contributed by atoms with E-state index in [1.807, 2.05) is 0 Å². The van der Waals surface area contributed by atoms with E-state index >= 15 is 0 Å². The fraction of sp³-hybridized carbons (Fsp3) is 0.778. The molecule has 0 spiro atoms. The van der Waals surface area contributed by atoms with Crippen LogP contribution in [0.5, 0.6) is 0 Å². The van der Waals surface area contributed by atoms with Gasteiger partial charge in [-0.3, -0.25) is 0 Å². The van der Waals surface area contributed by atoms with Crippen LogP contribution in [-0.4, -0.2) is 41.5 Å². The molecule has 1 fully saturated rings. The first-order valence-corrected chi connectivity index (χ1v) is 4.68. The maximum Gasteiger partial charge on any atom is 0.347 e. The summed E-state index contributed by atoms with van der Waals surface area (Å²) in [6.45, 7) is 3.03. The van der Waals surface area contributed by atoms with Gasteiger partial charge in [0.1, 0.15) is 0 Å². The minimum absolute atomic E-state index is 0.0105. The van der Waals surface area contributed by atoms with E-state index in [1.165, 1.54) is 13.8 Å². The SMILES string of the molecule is CCOC(=O)C1(O)CC1(F)C(=O)OCC. The highest BCUT2D eigenvalue weighted by Gasteiger charge is 2.80. The average Bonchev–Trinajstić information content (AvgIpc) is 2.74. The summed E-state index contributed by atoms with van der Waals surface area (Å²) in [5.41, 5.74) is -5.01. The third-order valence-electron chi connectivity index (χ3n) is 2.24. The van der Waals surface area contributed by atoms with Crippen molar-refractivity contribution in [2.75, 3.05) is 13.2 Å². The van der Waals surface area contributed by atoms with Gasteiger partial charge in [0.15, 0.2) is 0 Å². The first-order valence-electron chi connectivity index (χ1n) is 4.68. The van der Waals surface area contributed by atoms with E-state index in [0.717, 1.165) is 0 Å². The average molecular weight is 220 g/mol. The van der Waals surface area contributed by atoms with Gasteiger partial charge in [-0.05, 0) is 13.8 Å². The van der Waals surface area contributed by atoms with Crippen molar-refractivity contribution in [3.05, 3.63) is 0 Å². The number of carbonyl (C=O) groups excluding carboxylic acids is 2. The van der Waals surface area contributed by atoms with Crippen LogP contribution in [0, 0.1) is 0 Å². The molecule has 0 aliphatic heterocycles. The summed E-state index contributed by atoms with van der Waals surface area (Å²) in [7, 11) is 0. The quantitative estimate of drug-likeness (QED) is 0.673. The van der Waals surface area contributed by atoms with Gasteiger partial charge in [0.25, 0.3) is 0 Å². The van der Waals surface area contributed by atoms with Gasteiger partial charge in [0.05, 0.1) is 13.2 Å². The van der Waals surface area contributed by atoms with Crippen LogP contribution in [0.2, 0.25) is 0 Å². The van der Waals surface area contributed by atoms with Crippen molar-refractivity contribution < 1.29 is 28.6 Å². The van der Waals surface area contributed by atoms with Crippen LogP contribution in [0.25, 0.3) is 0 Å². The maximum absolute atomic E-state index is 13.7. The molecule has 5 nitrogen and oxygen atoms in total. The van der Waals surface area contributed by atoms with Crippen molar-refractivity contribution in [2.24, 2.45) is 0 Å². The smallest absolute Gasteiger partial charge is 0.347 e. The third kappa shape index (κ3) is 1.69. The summed E-state index contributed by atoms with van der Waals surface area (Å²) in [6, 6.07) is 0. The number of hydrogen-bond donors (Lipinski definition) is 1. The van der Waals surface area contributed by atoms with E-state index in [-0.39, 0.29) is 13.2 Å². The predicted octanol–water partition coefficient (Wildman–Crippen LogP) is -0.0443. The Balaban J connectivity index is 2.69. The van der Waals surface area contributed by atoms with Crippen molar-refractivity contribution in [1.82, 2.24) is 0 Å². The minimum atomic E-state index is -2.64. The van der Waals surface area contributed by atoms with Gasteiger partial charge in [-0.1, -0.05) is 0 Å². The molecule has 0 amide bonds. The number of halogens is 1. The maximum atomic E-state index is 13.7. The van der Waals surface area contributed by atoms with Gasteiger partial charge in [0, 0.05) is 6.42 Å². The van der Waals surface area contributed by atoms with E-state index in [9.17, 15) is 19.1 Å². The zero-order valence-corrected chi connectivity index (χ0v) is 8.58. The van der Waals surface area contributed by atoms with E-state index in [4.69, 9.17) is 0 Å². The van der Waals surface area contributed by atoms with Crippen LogP contribution in [0.1, 0.15) is 20.3 Å². The Kier molecular flexibility index (Phi) is 2.99. The van der Waals surface area contributed by atoms with Crippen LogP contribution in [0.15, 0.2) is 0 Å². The zero-order valence-electron chi connectivity index (χ0n) is 8.58. The van der Waals surface area contributed by atoms with Crippen LogP contribution in [0.4, 0.5) is 4.39 Å². The highest BCUT2D eigenvalue weighted by atomic mass is 19.1. The summed E-state index contributed by atoms with van der Waals surface area (Å²) in [5, 5.41) is 9.49. The lowest BCUT2D eigenvalue weighted by Gasteiger charge is -2.12. The second kappa shape index (κ2) is 3.77. The summed E-state index contributed by atoms with van der Waals surface area (Å²) in [5.74, 6) is -2.35. The molecule has 86 valence electrons. The number of aliphatic hydroxyl groups is 1. The van der Waals surface area contributed by atoms with Gasteiger partial charge in [-0.2, -0.15) is 0 Å². The number of hydrogen-bond acceptors (Lipinski definition) is 5. The summed E-state index contributed by atoms with van der Waals surface area (Å²) < 4.78 is 22.5. The number of rotatable bonds is 4. The van der Waals surface area contributed by atoms with Gasteiger partial charge in [-0.25, -0.2) is 14.0 Å². The van der Waals surface area contributed by atoms with Crippen molar-refractivity contribution in [2.45, 2.75) is 31.5 Å². The molecule has 1 N–H and O–H groups in total. The Bertz CT molecular complexity index is 264. The molecule has 2 unspecified atom stereocenters. The molecule has 15 heavy (non-hydrogen) atoms. The number of carbonyl (C=O) groups is 2. The van der Waals surface area contributed by atoms with Crippen molar-refractivity contribution in [3.63, 3.8) is 0 Å². The lowest BCUT2D eigenvalue weighted by atomic mass is 10.2. The number of esters is 2. The van der Waals surface area contributed by atoms with Crippen LogP contribution >= 0.6 is 0 Å². The molecule has 1 aliphatic rings. The van der Waals surface area contributed by atoms with E-state index in [0.29, 0.717) is 0 Å². The molecule has 0 bridgehead atoms. The van der Waals surface area contributed by atoms with Crippen molar-refractivity contribution >= 4 is 11.9 Å². The highest BCUT2D eigenvalue weighted by molar-refractivity contribution is 5.99. The Morgan fingerprint density at radius 3 is 2.20 bits per heavy atom. The highest BCUT2D eigenvalue weighted by Crippen LogP contribution is 2.52. The fourth-order valence-electron chi connectivity index (χ4n) is 1.28. The molecule has 0 aromatic heterocycles. The number of alkyl halides is 1. The van der Waals surface area contributed by atoms with E-state index < -0.39 is 29.6 Å². The van der Waals surface area contributed by atoms with E-state index in [1.54, 1.807) is 0 Å². The molecule has 1 aliphatic carbocycles. The first-order chi connectivity index (χ1) is 6.92. The lowest BCUT2D eigenvalue weighted by Crippen LogP contribution is -2.38. The molecular weight excluding hydrogens is 207 g/mol.